The van der Waals surface area contributed by atoms with E-state index in [9.17, 15) is 9.59 Å². The zero-order valence-corrected chi connectivity index (χ0v) is 17.0. The van der Waals surface area contributed by atoms with Crippen LogP contribution in [0.25, 0.3) is 0 Å². The van der Waals surface area contributed by atoms with Gasteiger partial charge in [-0.3, -0.25) is 9.59 Å². The second-order valence-corrected chi connectivity index (χ2v) is 8.00. The molecule has 1 fully saturated rings. The van der Waals surface area contributed by atoms with Gasteiger partial charge in [0.05, 0.1) is 11.9 Å². The number of carbonyl (C=O) groups is 2. The first-order chi connectivity index (χ1) is 14.1. The van der Waals surface area contributed by atoms with Crippen molar-refractivity contribution in [3.05, 3.63) is 53.2 Å². The lowest BCUT2D eigenvalue weighted by molar-refractivity contribution is -0.116. The Bertz CT molecular complexity index is 886. The lowest BCUT2D eigenvalue weighted by Gasteiger charge is -2.33. The highest BCUT2D eigenvalue weighted by atomic mass is 16.2. The van der Waals surface area contributed by atoms with E-state index < -0.39 is 0 Å². The van der Waals surface area contributed by atoms with Gasteiger partial charge in [0, 0.05) is 44.6 Å². The van der Waals surface area contributed by atoms with Gasteiger partial charge in [-0.2, -0.15) is 0 Å². The molecule has 2 heterocycles. The molecule has 1 aliphatic carbocycles. The summed E-state index contributed by atoms with van der Waals surface area (Å²) in [6.45, 7) is 3.97. The molecule has 1 aromatic carbocycles. The summed E-state index contributed by atoms with van der Waals surface area (Å²) in [7, 11) is 2.12. The Morgan fingerprint density at radius 3 is 2.55 bits per heavy atom. The Labute approximate surface area is 171 Å². The van der Waals surface area contributed by atoms with E-state index in [-0.39, 0.29) is 24.5 Å². The molecular formula is C23H28N4O2. The molecule has 29 heavy (non-hydrogen) atoms. The molecule has 0 spiro atoms. The lowest BCUT2D eigenvalue weighted by Crippen LogP contribution is -2.44. The maximum absolute atomic E-state index is 12.4. The maximum Gasteiger partial charge on any atom is 0.224 e. The number of amides is 1. The van der Waals surface area contributed by atoms with Crippen molar-refractivity contribution >= 4 is 23.2 Å². The van der Waals surface area contributed by atoms with E-state index in [1.54, 1.807) is 6.20 Å². The molecule has 2 aromatic rings. The Balaban J connectivity index is 1.26. The number of ketones is 1. The van der Waals surface area contributed by atoms with E-state index in [0.29, 0.717) is 5.69 Å². The normalized spacial score (nSPS) is 16.5. The van der Waals surface area contributed by atoms with Crippen LogP contribution < -0.4 is 10.2 Å². The molecule has 1 aromatic heterocycles. The highest BCUT2D eigenvalue weighted by Crippen LogP contribution is 2.23. The molecule has 1 amide bonds. The third kappa shape index (κ3) is 4.82. The van der Waals surface area contributed by atoms with Gasteiger partial charge in [0.15, 0.2) is 5.78 Å². The van der Waals surface area contributed by atoms with Crippen molar-refractivity contribution in [2.24, 2.45) is 0 Å². The van der Waals surface area contributed by atoms with Crippen LogP contribution in [-0.2, 0) is 17.6 Å². The van der Waals surface area contributed by atoms with Gasteiger partial charge >= 0.3 is 0 Å². The summed E-state index contributed by atoms with van der Waals surface area (Å²) >= 11 is 0. The van der Waals surface area contributed by atoms with Crippen LogP contribution in [0.3, 0.4) is 0 Å². The summed E-state index contributed by atoms with van der Waals surface area (Å²) < 4.78 is 0. The Hall–Kier alpha value is -2.73. The van der Waals surface area contributed by atoms with Crippen LogP contribution in [0.1, 0.15) is 40.7 Å². The Morgan fingerprint density at radius 1 is 1.00 bits per heavy atom. The third-order valence-corrected chi connectivity index (χ3v) is 5.86. The molecule has 0 radical (unpaired) electrons. The van der Waals surface area contributed by atoms with Gasteiger partial charge < -0.3 is 15.1 Å². The number of aromatic nitrogens is 1. The predicted molar refractivity (Wildman–Crippen MR) is 115 cm³/mol. The van der Waals surface area contributed by atoms with E-state index in [1.165, 1.54) is 11.1 Å². The van der Waals surface area contributed by atoms with Crippen molar-refractivity contribution < 1.29 is 9.59 Å². The van der Waals surface area contributed by atoms with E-state index in [1.807, 2.05) is 24.3 Å². The van der Waals surface area contributed by atoms with Gasteiger partial charge in [-0.1, -0.05) is 12.1 Å². The minimum absolute atomic E-state index is 0.0263. The fraction of sp³-hybridized carbons (Fsp3) is 0.435. The fourth-order valence-electron chi connectivity index (χ4n) is 4.02. The summed E-state index contributed by atoms with van der Waals surface area (Å²) in [6, 6.07) is 9.77. The van der Waals surface area contributed by atoms with Crippen LogP contribution in [0.4, 0.5) is 11.5 Å². The number of benzene rings is 1. The smallest absolute Gasteiger partial charge is 0.224 e. The average molecular weight is 393 g/mol. The number of anilines is 2. The molecule has 4 rings (SSSR count). The topological polar surface area (TPSA) is 65.5 Å². The maximum atomic E-state index is 12.4. The van der Waals surface area contributed by atoms with Crippen LogP contribution in [0, 0.1) is 0 Å². The number of aryl methyl sites for hydroxylation is 2. The van der Waals surface area contributed by atoms with Gasteiger partial charge in [-0.25, -0.2) is 4.98 Å². The monoisotopic (exact) mass is 392 g/mol. The fourth-order valence-corrected chi connectivity index (χ4v) is 4.02. The van der Waals surface area contributed by atoms with Crippen molar-refractivity contribution in [1.29, 1.82) is 0 Å². The largest absolute Gasteiger partial charge is 0.354 e. The molecule has 1 saturated heterocycles. The number of fused-ring (bicyclic) bond motifs is 1. The predicted octanol–water partition coefficient (Wildman–Crippen LogP) is 2.92. The minimum Gasteiger partial charge on any atom is -0.354 e. The zero-order valence-electron chi connectivity index (χ0n) is 17.0. The molecular weight excluding hydrogens is 364 g/mol. The van der Waals surface area contributed by atoms with Crippen LogP contribution in [-0.4, -0.2) is 54.8 Å². The third-order valence-electron chi connectivity index (χ3n) is 5.86. The number of pyridine rings is 1. The zero-order chi connectivity index (χ0) is 20.2. The number of Topliss-reactive ketones (excluding diaryl/α,β-unsaturated/α-hetero) is 1. The number of nitrogens with zero attached hydrogens (tertiary/aromatic N) is 3. The number of nitrogens with one attached hydrogen (secondary N) is 1. The number of hydrogen-bond acceptors (Lipinski definition) is 5. The van der Waals surface area contributed by atoms with E-state index in [2.05, 4.69) is 33.2 Å². The first-order valence-corrected chi connectivity index (χ1v) is 10.4. The van der Waals surface area contributed by atoms with Gasteiger partial charge in [0.1, 0.15) is 5.82 Å². The van der Waals surface area contributed by atoms with E-state index in [4.69, 9.17) is 0 Å². The molecule has 0 saturated carbocycles. The standard InChI is InChI=1S/C23H28N4O2/c1-26-11-13-27(14-12-26)22-9-7-20(16-24-22)25-23(29)10-8-21(28)19-6-5-17-3-2-4-18(17)15-19/h5-7,9,15-16H,2-4,8,10-14H2,1H3,(H,25,29). The number of hydrogen-bond donors (Lipinski definition) is 1. The number of piperazine rings is 1. The molecule has 2 aliphatic rings. The number of rotatable bonds is 6. The van der Waals surface area contributed by atoms with Crippen LogP contribution in [0.5, 0.6) is 0 Å². The van der Waals surface area contributed by atoms with Crippen molar-refractivity contribution in [2.75, 3.05) is 43.4 Å². The highest BCUT2D eigenvalue weighted by Gasteiger charge is 2.16. The van der Waals surface area contributed by atoms with Crippen LogP contribution in [0.2, 0.25) is 0 Å². The summed E-state index contributed by atoms with van der Waals surface area (Å²) in [4.78, 5) is 33.7. The molecule has 0 unspecified atom stereocenters. The van der Waals surface area contributed by atoms with Gasteiger partial charge in [0.2, 0.25) is 5.91 Å². The Kier molecular flexibility index (Phi) is 5.90. The molecule has 0 atom stereocenters. The molecule has 6 nitrogen and oxygen atoms in total. The van der Waals surface area contributed by atoms with Crippen molar-refractivity contribution in [2.45, 2.75) is 32.1 Å². The van der Waals surface area contributed by atoms with Crippen LogP contribution >= 0.6 is 0 Å². The molecule has 1 N–H and O–H groups in total. The SMILES string of the molecule is CN1CCN(c2ccc(NC(=O)CCC(=O)c3ccc4c(c3)CCC4)cn2)CC1. The highest BCUT2D eigenvalue weighted by molar-refractivity contribution is 6.00. The summed E-state index contributed by atoms with van der Waals surface area (Å²) in [6.07, 6.45) is 5.40. The Morgan fingerprint density at radius 2 is 1.79 bits per heavy atom. The van der Waals surface area contributed by atoms with Crippen molar-refractivity contribution in [3.8, 4) is 0 Å². The summed E-state index contributed by atoms with van der Waals surface area (Å²) in [5.41, 5.74) is 4.02. The van der Waals surface area contributed by atoms with Crippen molar-refractivity contribution in [1.82, 2.24) is 9.88 Å². The summed E-state index contributed by atoms with van der Waals surface area (Å²) in [5.74, 6) is 0.801. The van der Waals surface area contributed by atoms with E-state index >= 15 is 0 Å². The van der Waals surface area contributed by atoms with E-state index in [0.717, 1.165) is 56.8 Å². The quantitative estimate of drug-likeness (QED) is 0.766. The second-order valence-electron chi connectivity index (χ2n) is 8.00. The summed E-state index contributed by atoms with van der Waals surface area (Å²) in [5, 5.41) is 2.85. The lowest BCUT2D eigenvalue weighted by atomic mass is 10.0. The van der Waals surface area contributed by atoms with Gasteiger partial charge in [0.25, 0.3) is 0 Å². The molecule has 0 bridgehead atoms. The van der Waals surface area contributed by atoms with Gasteiger partial charge in [-0.05, 0) is 55.6 Å². The number of carbonyl (C=O) groups excluding carboxylic acids is 2. The first kappa shape index (κ1) is 19.6. The minimum atomic E-state index is -0.159. The number of likely N-dealkylation sites (N-methyl/N-ethyl adjacent to an activating group) is 1. The van der Waals surface area contributed by atoms with Gasteiger partial charge in [-0.15, -0.1) is 0 Å². The van der Waals surface area contributed by atoms with Crippen molar-refractivity contribution in [3.63, 3.8) is 0 Å². The molecule has 152 valence electrons. The molecule has 1 aliphatic heterocycles. The average Bonchev–Trinajstić information content (AvgIpc) is 3.21. The first-order valence-electron chi connectivity index (χ1n) is 10.4. The van der Waals surface area contributed by atoms with Crippen LogP contribution in [0.15, 0.2) is 36.5 Å². The molecule has 6 heteroatoms. The second kappa shape index (κ2) is 8.74.